The first kappa shape index (κ1) is 13.6. The molecule has 0 radical (unpaired) electrons. The minimum atomic E-state index is -0.404. The molecule has 17 heavy (non-hydrogen) atoms. The summed E-state index contributed by atoms with van der Waals surface area (Å²) in [6.07, 6.45) is 1.89. The quantitative estimate of drug-likeness (QED) is 0.561. The zero-order valence-corrected chi connectivity index (χ0v) is 9.93. The van der Waals surface area contributed by atoms with Crippen LogP contribution in [-0.4, -0.2) is 22.7 Å². The van der Waals surface area contributed by atoms with Gasteiger partial charge in [0, 0.05) is 24.7 Å². The predicted molar refractivity (Wildman–Crippen MR) is 65.7 cm³/mol. The molecule has 0 heterocycles. The minimum absolute atomic E-state index is 0.0549. The van der Waals surface area contributed by atoms with Gasteiger partial charge in [0.05, 0.1) is 11.5 Å². The van der Waals surface area contributed by atoms with E-state index in [0.717, 1.165) is 18.4 Å². The van der Waals surface area contributed by atoms with E-state index in [1.807, 2.05) is 6.07 Å². The van der Waals surface area contributed by atoms with Crippen molar-refractivity contribution in [2.45, 2.75) is 32.4 Å². The smallest absolute Gasteiger partial charge is 0.269 e. The summed E-state index contributed by atoms with van der Waals surface area (Å²) < 4.78 is 0. The molecular formula is C12H18N2O3. The first-order valence-corrected chi connectivity index (χ1v) is 5.75. The second kappa shape index (κ2) is 6.98. The molecule has 1 aromatic carbocycles. The van der Waals surface area contributed by atoms with Crippen molar-refractivity contribution in [2.24, 2.45) is 0 Å². The Balaban J connectivity index is 2.56. The summed E-state index contributed by atoms with van der Waals surface area (Å²) in [5.74, 6) is 0. The number of non-ortho nitro benzene ring substituents is 1. The molecule has 0 bridgehead atoms. The van der Waals surface area contributed by atoms with Gasteiger partial charge in [-0.1, -0.05) is 25.5 Å². The van der Waals surface area contributed by atoms with Gasteiger partial charge in [0.15, 0.2) is 0 Å². The SMILES string of the molecule is CCCC(CO)NCc1cccc([N+](=O)[O-])c1. The van der Waals surface area contributed by atoms with Crippen LogP contribution in [0.3, 0.4) is 0 Å². The Labute approximate surface area is 101 Å². The van der Waals surface area contributed by atoms with E-state index in [-0.39, 0.29) is 18.3 Å². The number of aliphatic hydroxyl groups is 1. The van der Waals surface area contributed by atoms with Gasteiger partial charge in [-0.2, -0.15) is 0 Å². The fraction of sp³-hybridized carbons (Fsp3) is 0.500. The zero-order valence-electron chi connectivity index (χ0n) is 9.93. The van der Waals surface area contributed by atoms with Crippen LogP contribution in [-0.2, 0) is 6.54 Å². The van der Waals surface area contributed by atoms with Gasteiger partial charge in [-0.25, -0.2) is 0 Å². The maximum atomic E-state index is 10.6. The van der Waals surface area contributed by atoms with E-state index < -0.39 is 4.92 Å². The number of nitro benzene ring substituents is 1. The van der Waals surface area contributed by atoms with Crippen molar-refractivity contribution in [3.8, 4) is 0 Å². The fourth-order valence-corrected chi connectivity index (χ4v) is 1.65. The van der Waals surface area contributed by atoms with E-state index in [1.165, 1.54) is 6.07 Å². The van der Waals surface area contributed by atoms with Crippen molar-refractivity contribution < 1.29 is 10.0 Å². The van der Waals surface area contributed by atoms with Crippen LogP contribution in [0.15, 0.2) is 24.3 Å². The van der Waals surface area contributed by atoms with E-state index in [4.69, 9.17) is 5.11 Å². The highest BCUT2D eigenvalue weighted by molar-refractivity contribution is 5.34. The van der Waals surface area contributed by atoms with Gasteiger partial charge in [-0.15, -0.1) is 0 Å². The number of nitrogens with one attached hydrogen (secondary N) is 1. The Morgan fingerprint density at radius 2 is 2.29 bits per heavy atom. The Morgan fingerprint density at radius 1 is 1.53 bits per heavy atom. The first-order chi connectivity index (χ1) is 8.17. The van der Waals surface area contributed by atoms with Crippen LogP contribution in [0, 0.1) is 10.1 Å². The maximum absolute atomic E-state index is 10.6. The Bertz CT molecular complexity index is 369. The molecule has 0 spiro atoms. The fourth-order valence-electron chi connectivity index (χ4n) is 1.65. The lowest BCUT2D eigenvalue weighted by molar-refractivity contribution is -0.384. The van der Waals surface area contributed by atoms with Crippen LogP contribution in [0.25, 0.3) is 0 Å². The number of nitro groups is 1. The Hall–Kier alpha value is -1.46. The Kier molecular flexibility index (Phi) is 5.59. The monoisotopic (exact) mass is 238 g/mol. The van der Waals surface area contributed by atoms with E-state index in [1.54, 1.807) is 12.1 Å². The molecule has 5 heteroatoms. The maximum Gasteiger partial charge on any atom is 0.269 e. The summed E-state index contributed by atoms with van der Waals surface area (Å²) in [6.45, 7) is 2.67. The van der Waals surface area contributed by atoms with Crippen LogP contribution in [0.5, 0.6) is 0 Å². The molecule has 94 valence electrons. The number of rotatable bonds is 7. The molecule has 5 nitrogen and oxygen atoms in total. The van der Waals surface area contributed by atoms with Crippen molar-refractivity contribution in [1.29, 1.82) is 0 Å². The lowest BCUT2D eigenvalue weighted by atomic mass is 10.1. The molecule has 1 unspecified atom stereocenters. The van der Waals surface area contributed by atoms with Crippen molar-refractivity contribution in [3.63, 3.8) is 0 Å². The topological polar surface area (TPSA) is 75.4 Å². The number of hydrogen-bond acceptors (Lipinski definition) is 4. The molecule has 1 aromatic rings. The average molecular weight is 238 g/mol. The van der Waals surface area contributed by atoms with E-state index >= 15 is 0 Å². The lowest BCUT2D eigenvalue weighted by Gasteiger charge is -2.15. The molecule has 0 saturated heterocycles. The van der Waals surface area contributed by atoms with Crippen molar-refractivity contribution in [2.75, 3.05) is 6.61 Å². The van der Waals surface area contributed by atoms with Gasteiger partial charge < -0.3 is 10.4 Å². The van der Waals surface area contributed by atoms with Gasteiger partial charge in [-0.3, -0.25) is 10.1 Å². The summed E-state index contributed by atoms with van der Waals surface area (Å²) in [7, 11) is 0. The highest BCUT2D eigenvalue weighted by Gasteiger charge is 2.08. The average Bonchev–Trinajstić information content (AvgIpc) is 2.34. The van der Waals surface area contributed by atoms with Crippen LogP contribution in [0.2, 0.25) is 0 Å². The number of nitrogens with zero attached hydrogens (tertiary/aromatic N) is 1. The lowest BCUT2D eigenvalue weighted by Crippen LogP contribution is -2.31. The van der Waals surface area contributed by atoms with Crippen LogP contribution in [0.1, 0.15) is 25.3 Å². The molecule has 0 amide bonds. The minimum Gasteiger partial charge on any atom is -0.395 e. The van der Waals surface area contributed by atoms with Crippen LogP contribution >= 0.6 is 0 Å². The van der Waals surface area contributed by atoms with Crippen LogP contribution < -0.4 is 5.32 Å². The van der Waals surface area contributed by atoms with E-state index in [9.17, 15) is 10.1 Å². The van der Waals surface area contributed by atoms with Crippen molar-refractivity contribution >= 4 is 5.69 Å². The zero-order chi connectivity index (χ0) is 12.7. The van der Waals surface area contributed by atoms with E-state index in [2.05, 4.69) is 12.2 Å². The standard InChI is InChI=1S/C12H18N2O3/c1-2-4-11(9-15)13-8-10-5-3-6-12(7-10)14(16)17/h3,5-7,11,13,15H,2,4,8-9H2,1H3. The molecule has 2 N–H and O–H groups in total. The highest BCUT2D eigenvalue weighted by atomic mass is 16.6. The normalized spacial score (nSPS) is 12.4. The summed E-state index contributed by atoms with van der Waals surface area (Å²) in [5, 5.41) is 22.9. The van der Waals surface area contributed by atoms with Gasteiger partial charge in [0.2, 0.25) is 0 Å². The second-order valence-corrected chi connectivity index (χ2v) is 3.98. The van der Waals surface area contributed by atoms with Gasteiger partial charge in [-0.05, 0) is 12.0 Å². The molecule has 0 saturated carbocycles. The third kappa shape index (κ3) is 4.50. The molecule has 0 aromatic heterocycles. The van der Waals surface area contributed by atoms with E-state index in [0.29, 0.717) is 6.54 Å². The summed E-state index contributed by atoms with van der Waals surface area (Å²) in [5.41, 5.74) is 0.953. The van der Waals surface area contributed by atoms with Crippen molar-refractivity contribution in [3.05, 3.63) is 39.9 Å². The van der Waals surface area contributed by atoms with Gasteiger partial charge in [0.25, 0.3) is 5.69 Å². The first-order valence-electron chi connectivity index (χ1n) is 5.75. The third-order valence-electron chi connectivity index (χ3n) is 2.57. The molecule has 1 atom stereocenters. The van der Waals surface area contributed by atoms with Crippen LogP contribution in [0.4, 0.5) is 5.69 Å². The summed E-state index contributed by atoms with van der Waals surface area (Å²) >= 11 is 0. The summed E-state index contributed by atoms with van der Waals surface area (Å²) in [6, 6.07) is 6.58. The number of aliphatic hydroxyl groups excluding tert-OH is 1. The largest absolute Gasteiger partial charge is 0.395 e. The molecule has 0 fully saturated rings. The van der Waals surface area contributed by atoms with Gasteiger partial charge in [0.1, 0.15) is 0 Å². The number of hydrogen-bond donors (Lipinski definition) is 2. The molecule has 0 aliphatic heterocycles. The van der Waals surface area contributed by atoms with Crippen molar-refractivity contribution in [1.82, 2.24) is 5.32 Å². The molecule has 0 aliphatic carbocycles. The Morgan fingerprint density at radius 3 is 2.88 bits per heavy atom. The molecule has 1 rings (SSSR count). The molecule has 0 aliphatic rings. The summed E-state index contributed by atoms with van der Waals surface area (Å²) in [4.78, 5) is 10.2. The van der Waals surface area contributed by atoms with Gasteiger partial charge >= 0.3 is 0 Å². The predicted octanol–water partition coefficient (Wildman–Crippen LogP) is 1.85. The second-order valence-electron chi connectivity index (χ2n) is 3.98. The number of benzene rings is 1. The molecular weight excluding hydrogens is 220 g/mol. The highest BCUT2D eigenvalue weighted by Crippen LogP contribution is 2.13. The third-order valence-corrected chi connectivity index (χ3v) is 2.57.